The monoisotopic (exact) mass is 332 g/mol. The number of thiazole rings is 1. The molecule has 0 aliphatic carbocycles. The van der Waals surface area contributed by atoms with Crippen molar-refractivity contribution < 1.29 is 14.3 Å². The van der Waals surface area contributed by atoms with Gasteiger partial charge in [-0.15, -0.1) is 11.3 Å². The van der Waals surface area contributed by atoms with Crippen LogP contribution in [-0.4, -0.2) is 17.3 Å². The number of fused-ring (bicyclic) bond motifs is 2. The van der Waals surface area contributed by atoms with Gasteiger partial charge in [0.25, 0.3) is 5.91 Å². The summed E-state index contributed by atoms with van der Waals surface area (Å²) in [5, 5.41) is 1.96. The van der Waals surface area contributed by atoms with Gasteiger partial charge in [-0.3, -0.25) is 4.79 Å². The summed E-state index contributed by atoms with van der Waals surface area (Å²) in [4.78, 5) is 18.0. The van der Waals surface area contributed by atoms with E-state index in [0.717, 1.165) is 26.6 Å². The van der Waals surface area contributed by atoms with Crippen molar-refractivity contribution in [1.82, 2.24) is 4.57 Å². The summed E-state index contributed by atoms with van der Waals surface area (Å²) in [5.41, 5.74) is 0.983. The van der Waals surface area contributed by atoms with Crippen molar-refractivity contribution >= 4 is 38.8 Å². The Kier molecular flexibility index (Phi) is 3.24. The van der Waals surface area contributed by atoms with Gasteiger partial charge < -0.3 is 14.0 Å². The number of benzene rings is 1. The normalized spacial score (nSPS) is 14.0. The Labute approximate surface area is 134 Å². The van der Waals surface area contributed by atoms with Gasteiger partial charge in [0, 0.05) is 24.1 Å². The number of amides is 1. The minimum absolute atomic E-state index is 0.135. The van der Waals surface area contributed by atoms with Crippen molar-refractivity contribution in [1.29, 1.82) is 0 Å². The highest BCUT2D eigenvalue weighted by Crippen LogP contribution is 2.36. The molecule has 0 fully saturated rings. The van der Waals surface area contributed by atoms with E-state index in [-0.39, 0.29) is 12.7 Å². The van der Waals surface area contributed by atoms with Crippen molar-refractivity contribution in [2.45, 2.75) is 6.42 Å². The minimum Gasteiger partial charge on any atom is -0.454 e. The fourth-order valence-corrected chi connectivity index (χ4v) is 4.07. The quantitative estimate of drug-likeness (QED) is 0.725. The average molecular weight is 332 g/mol. The number of carbonyl (C=O) groups excluding carboxylic acids is 1. The molecule has 0 N–H and O–H groups in total. The van der Waals surface area contributed by atoms with Crippen LogP contribution in [0.5, 0.6) is 11.5 Å². The zero-order valence-corrected chi connectivity index (χ0v) is 13.4. The Morgan fingerprint density at radius 1 is 1.36 bits per heavy atom. The number of ether oxygens (including phenoxy) is 2. The van der Waals surface area contributed by atoms with Crippen LogP contribution >= 0.6 is 22.7 Å². The van der Waals surface area contributed by atoms with Gasteiger partial charge in [0.15, 0.2) is 16.3 Å². The van der Waals surface area contributed by atoms with Crippen LogP contribution in [0.2, 0.25) is 0 Å². The molecule has 0 radical (unpaired) electrons. The molecule has 0 unspecified atom stereocenters. The zero-order chi connectivity index (χ0) is 15.1. The minimum atomic E-state index is -0.135. The SMILES string of the molecule is Cn1c(=NC(=O)Cc2cccs2)sc2cc3c(cc21)OCO3. The molecule has 4 rings (SSSR count). The van der Waals surface area contributed by atoms with Crippen LogP contribution < -0.4 is 14.3 Å². The van der Waals surface area contributed by atoms with Crippen LogP contribution in [0.3, 0.4) is 0 Å². The first-order chi connectivity index (χ1) is 10.7. The molecule has 1 amide bonds. The highest BCUT2D eigenvalue weighted by atomic mass is 32.1. The van der Waals surface area contributed by atoms with Gasteiger partial charge in [-0.1, -0.05) is 17.4 Å². The maximum absolute atomic E-state index is 12.1. The van der Waals surface area contributed by atoms with E-state index in [9.17, 15) is 4.79 Å². The van der Waals surface area contributed by atoms with Gasteiger partial charge in [-0.25, -0.2) is 0 Å². The van der Waals surface area contributed by atoms with Crippen molar-refractivity contribution in [2.24, 2.45) is 12.0 Å². The molecule has 3 heterocycles. The number of hydrogen-bond donors (Lipinski definition) is 0. The topological polar surface area (TPSA) is 52.8 Å². The van der Waals surface area contributed by atoms with Crippen molar-refractivity contribution in [3.8, 4) is 11.5 Å². The molecule has 0 saturated carbocycles. The van der Waals surface area contributed by atoms with Crippen LogP contribution in [0.4, 0.5) is 0 Å². The van der Waals surface area contributed by atoms with Gasteiger partial charge in [-0.05, 0) is 11.4 Å². The van der Waals surface area contributed by atoms with E-state index >= 15 is 0 Å². The van der Waals surface area contributed by atoms with E-state index in [1.54, 1.807) is 11.3 Å². The molecule has 5 nitrogen and oxygen atoms in total. The van der Waals surface area contributed by atoms with Crippen LogP contribution in [0.1, 0.15) is 4.88 Å². The van der Waals surface area contributed by atoms with E-state index in [1.165, 1.54) is 11.3 Å². The molecule has 0 bridgehead atoms. The van der Waals surface area contributed by atoms with Gasteiger partial charge in [0.05, 0.1) is 16.6 Å². The first kappa shape index (κ1) is 13.5. The summed E-state index contributed by atoms with van der Waals surface area (Å²) in [7, 11) is 1.90. The summed E-state index contributed by atoms with van der Waals surface area (Å²) >= 11 is 3.04. The van der Waals surface area contributed by atoms with Crippen LogP contribution in [0.25, 0.3) is 10.2 Å². The molecule has 0 spiro atoms. The highest BCUT2D eigenvalue weighted by Gasteiger charge is 2.16. The third-order valence-electron chi connectivity index (χ3n) is 3.43. The molecular formula is C15H12N2O3S2. The van der Waals surface area contributed by atoms with E-state index < -0.39 is 0 Å². The summed E-state index contributed by atoms with van der Waals surface area (Å²) in [6.07, 6.45) is 0.342. The maximum Gasteiger partial charge on any atom is 0.253 e. The number of thiophene rings is 1. The largest absolute Gasteiger partial charge is 0.454 e. The van der Waals surface area contributed by atoms with Gasteiger partial charge in [-0.2, -0.15) is 4.99 Å². The summed E-state index contributed by atoms with van der Waals surface area (Å²) in [6.45, 7) is 0.257. The Morgan fingerprint density at radius 2 is 2.18 bits per heavy atom. The fraction of sp³-hybridized carbons (Fsp3) is 0.200. The number of carbonyl (C=O) groups is 1. The van der Waals surface area contributed by atoms with E-state index in [4.69, 9.17) is 9.47 Å². The zero-order valence-electron chi connectivity index (χ0n) is 11.7. The van der Waals surface area contributed by atoms with E-state index in [0.29, 0.717) is 11.2 Å². The lowest BCUT2D eigenvalue weighted by Crippen LogP contribution is -2.13. The third-order valence-corrected chi connectivity index (χ3v) is 5.40. The second-order valence-electron chi connectivity index (χ2n) is 4.88. The van der Waals surface area contributed by atoms with Gasteiger partial charge in [0.1, 0.15) is 0 Å². The van der Waals surface area contributed by atoms with E-state index in [1.807, 2.05) is 41.3 Å². The summed E-state index contributed by atoms with van der Waals surface area (Å²) < 4.78 is 13.7. The molecule has 3 aromatic rings. The molecule has 1 aliphatic rings. The molecule has 1 aromatic carbocycles. The smallest absolute Gasteiger partial charge is 0.253 e. The Hall–Kier alpha value is -2.12. The second kappa shape index (κ2) is 5.26. The highest BCUT2D eigenvalue weighted by molar-refractivity contribution is 7.16. The standard InChI is InChI=1S/C15H12N2O3S2/c1-17-10-6-11-12(20-8-19-11)7-13(10)22-15(17)16-14(18)5-9-3-2-4-21-9/h2-4,6-7H,5,8H2,1H3. The van der Waals surface area contributed by atoms with Crippen LogP contribution in [0, 0.1) is 0 Å². The molecular weight excluding hydrogens is 320 g/mol. The Balaban J connectivity index is 1.74. The predicted molar refractivity (Wildman–Crippen MR) is 85.5 cm³/mol. The molecule has 2 aromatic heterocycles. The average Bonchev–Trinajstić information content (AvgIpc) is 3.20. The lowest BCUT2D eigenvalue weighted by atomic mass is 10.3. The number of hydrogen-bond acceptors (Lipinski definition) is 5. The summed E-state index contributed by atoms with van der Waals surface area (Å²) in [5.74, 6) is 1.34. The number of aromatic nitrogens is 1. The van der Waals surface area contributed by atoms with Gasteiger partial charge >= 0.3 is 0 Å². The second-order valence-corrected chi connectivity index (χ2v) is 6.92. The molecule has 0 saturated heterocycles. The summed E-state index contributed by atoms with van der Waals surface area (Å²) in [6, 6.07) is 7.75. The maximum atomic E-state index is 12.1. The molecule has 0 atom stereocenters. The lowest BCUT2D eigenvalue weighted by Gasteiger charge is -1.98. The Bertz CT molecular complexity index is 922. The van der Waals surface area contributed by atoms with Gasteiger partial charge in [0.2, 0.25) is 6.79 Å². The number of rotatable bonds is 2. The lowest BCUT2D eigenvalue weighted by molar-refractivity contribution is -0.117. The third kappa shape index (κ3) is 2.32. The first-order valence-electron chi connectivity index (χ1n) is 6.70. The van der Waals surface area contributed by atoms with Crippen molar-refractivity contribution in [3.05, 3.63) is 39.3 Å². The van der Waals surface area contributed by atoms with Crippen molar-refractivity contribution in [3.63, 3.8) is 0 Å². The fourth-order valence-electron chi connectivity index (χ4n) is 2.33. The molecule has 22 heavy (non-hydrogen) atoms. The number of nitrogens with zero attached hydrogens (tertiary/aromatic N) is 2. The molecule has 112 valence electrons. The van der Waals surface area contributed by atoms with Crippen LogP contribution in [0.15, 0.2) is 34.6 Å². The predicted octanol–water partition coefficient (Wildman–Crippen LogP) is 2.70. The Morgan fingerprint density at radius 3 is 2.95 bits per heavy atom. The van der Waals surface area contributed by atoms with Crippen LogP contribution in [-0.2, 0) is 18.3 Å². The van der Waals surface area contributed by atoms with E-state index in [2.05, 4.69) is 4.99 Å². The molecule has 7 heteroatoms. The number of aryl methyl sites for hydroxylation is 1. The van der Waals surface area contributed by atoms with Crippen molar-refractivity contribution in [2.75, 3.05) is 6.79 Å². The molecule has 1 aliphatic heterocycles. The first-order valence-corrected chi connectivity index (χ1v) is 8.39.